The Hall–Kier alpha value is -2.00. The van der Waals surface area contributed by atoms with Gasteiger partial charge in [0.15, 0.2) is 0 Å². The second-order valence-corrected chi connectivity index (χ2v) is 5.59. The van der Waals surface area contributed by atoms with Crippen molar-refractivity contribution in [3.05, 3.63) is 58.7 Å². The van der Waals surface area contributed by atoms with Crippen LogP contribution in [0.1, 0.15) is 29.2 Å². The van der Waals surface area contributed by atoms with Gasteiger partial charge in [0, 0.05) is 5.56 Å². The van der Waals surface area contributed by atoms with Crippen LogP contribution in [0.25, 0.3) is 0 Å². The Morgan fingerprint density at radius 1 is 1.00 bits per heavy atom. The second kappa shape index (κ2) is 5.78. The summed E-state index contributed by atoms with van der Waals surface area (Å²) < 4.78 is 10.9. The summed E-state index contributed by atoms with van der Waals surface area (Å²) in [6.07, 6.45) is 0. The van der Waals surface area contributed by atoms with Crippen LogP contribution in [0.15, 0.2) is 36.4 Å². The molecule has 21 heavy (non-hydrogen) atoms. The fourth-order valence-corrected chi connectivity index (χ4v) is 2.85. The molecule has 0 heterocycles. The molecular weight excluding hydrogens is 262 g/mol. The first-order valence-electron chi connectivity index (χ1n) is 6.99. The molecule has 0 aromatic heterocycles. The van der Waals surface area contributed by atoms with Crippen LogP contribution in [-0.2, 0) is 5.54 Å². The first kappa shape index (κ1) is 15.4. The number of methoxy groups -OCH3 is 2. The van der Waals surface area contributed by atoms with E-state index in [1.54, 1.807) is 14.2 Å². The van der Waals surface area contributed by atoms with E-state index in [0.29, 0.717) is 0 Å². The number of aryl methyl sites for hydroxylation is 2. The van der Waals surface area contributed by atoms with Gasteiger partial charge in [-0.3, -0.25) is 0 Å². The molecular formula is C18H23NO2. The Morgan fingerprint density at radius 3 is 2.33 bits per heavy atom. The van der Waals surface area contributed by atoms with Crippen molar-refractivity contribution in [2.24, 2.45) is 5.73 Å². The lowest BCUT2D eigenvalue weighted by Crippen LogP contribution is -2.35. The minimum Gasteiger partial charge on any atom is -0.497 e. The molecule has 112 valence electrons. The van der Waals surface area contributed by atoms with Crippen LogP contribution < -0.4 is 15.2 Å². The van der Waals surface area contributed by atoms with Crippen molar-refractivity contribution in [1.29, 1.82) is 0 Å². The molecule has 0 saturated heterocycles. The van der Waals surface area contributed by atoms with E-state index in [9.17, 15) is 0 Å². The van der Waals surface area contributed by atoms with Crippen molar-refractivity contribution in [2.75, 3.05) is 14.2 Å². The molecule has 0 aliphatic carbocycles. The topological polar surface area (TPSA) is 44.5 Å². The molecule has 1 atom stereocenters. The maximum atomic E-state index is 6.67. The molecule has 3 nitrogen and oxygen atoms in total. The highest BCUT2D eigenvalue weighted by Crippen LogP contribution is 2.37. The standard InChI is InChI=1S/C18H23NO2/c1-12-9-13(2)17(16(10-12)21-5)18(3,19)14-7-6-8-15(11-14)20-4/h6-11H,19H2,1-5H3. The lowest BCUT2D eigenvalue weighted by atomic mass is 9.82. The Bertz CT molecular complexity index is 648. The number of hydrogen-bond acceptors (Lipinski definition) is 3. The lowest BCUT2D eigenvalue weighted by Gasteiger charge is -2.30. The first-order chi connectivity index (χ1) is 9.90. The van der Waals surface area contributed by atoms with Gasteiger partial charge in [-0.25, -0.2) is 0 Å². The molecule has 2 rings (SSSR count). The molecule has 3 heteroatoms. The molecule has 0 fully saturated rings. The van der Waals surface area contributed by atoms with E-state index < -0.39 is 5.54 Å². The van der Waals surface area contributed by atoms with Crippen LogP contribution in [0.2, 0.25) is 0 Å². The third-order valence-corrected chi connectivity index (χ3v) is 3.85. The van der Waals surface area contributed by atoms with Crippen molar-refractivity contribution in [1.82, 2.24) is 0 Å². The van der Waals surface area contributed by atoms with E-state index in [1.807, 2.05) is 37.3 Å². The fourth-order valence-electron chi connectivity index (χ4n) is 2.85. The van der Waals surface area contributed by atoms with Gasteiger partial charge >= 0.3 is 0 Å². The maximum absolute atomic E-state index is 6.67. The monoisotopic (exact) mass is 285 g/mol. The zero-order valence-corrected chi connectivity index (χ0v) is 13.4. The molecule has 0 spiro atoms. The Balaban J connectivity index is 2.62. The summed E-state index contributed by atoms with van der Waals surface area (Å²) in [6, 6.07) is 12.0. The molecule has 0 amide bonds. The predicted molar refractivity (Wildman–Crippen MR) is 86.1 cm³/mol. The summed E-state index contributed by atoms with van der Waals surface area (Å²) in [5, 5.41) is 0. The smallest absolute Gasteiger partial charge is 0.124 e. The Morgan fingerprint density at radius 2 is 1.71 bits per heavy atom. The highest BCUT2D eigenvalue weighted by molar-refractivity contribution is 5.52. The Labute approximate surface area is 126 Å². The van der Waals surface area contributed by atoms with Crippen LogP contribution in [0, 0.1) is 13.8 Å². The average molecular weight is 285 g/mol. The minimum atomic E-state index is -0.655. The number of nitrogens with two attached hydrogens (primary N) is 1. The first-order valence-corrected chi connectivity index (χ1v) is 6.99. The average Bonchev–Trinajstić information content (AvgIpc) is 2.46. The van der Waals surface area contributed by atoms with Gasteiger partial charge < -0.3 is 15.2 Å². The lowest BCUT2D eigenvalue weighted by molar-refractivity contribution is 0.396. The zero-order chi connectivity index (χ0) is 15.6. The van der Waals surface area contributed by atoms with Crippen molar-refractivity contribution in [2.45, 2.75) is 26.3 Å². The third kappa shape index (κ3) is 2.88. The summed E-state index contributed by atoms with van der Waals surface area (Å²) in [4.78, 5) is 0. The molecule has 0 aliphatic heterocycles. The van der Waals surface area contributed by atoms with Gasteiger partial charge in [0.2, 0.25) is 0 Å². The highest BCUT2D eigenvalue weighted by Gasteiger charge is 2.29. The number of benzene rings is 2. The van der Waals surface area contributed by atoms with Crippen molar-refractivity contribution < 1.29 is 9.47 Å². The molecule has 2 N–H and O–H groups in total. The molecule has 0 saturated carbocycles. The van der Waals surface area contributed by atoms with Gasteiger partial charge in [-0.2, -0.15) is 0 Å². The largest absolute Gasteiger partial charge is 0.497 e. The highest BCUT2D eigenvalue weighted by atomic mass is 16.5. The van der Waals surface area contributed by atoms with Crippen LogP contribution in [0.3, 0.4) is 0 Å². The maximum Gasteiger partial charge on any atom is 0.124 e. The van der Waals surface area contributed by atoms with E-state index >= 15 is 0 Å². The van der Waals surface area contributed by atoms with E-state index in [1.165, 1.54) is 0 Å². The van der Waals surface area contributed by atoms with Crippen LogP contribution >= 0.6 is 0 Å². The molecule has 2 aromatic carbocycles. The van der Waals surface area contributed by atoms with E-state index in [4.69, 9.17) is 15.2 Å². The van der Waals surface area contributed by atoms with Crippen LogP contribution in [0.4, 0.5) is 0 Å². The fraction of sp³-hybridized carbons (Fsp3) is 0.333. The van der Waals surface area contributed by atoms with Gasteiger partial charge in [0.05, 0.1) is 19.8 Å². The summed E-state index contributed by atoms with van der Waals surface area (Å²) in [7, 11) is 3.34. The van der Waals surface area contributed by atoms with Crippen molar-refractivity contribution >= 4 is 0 Å². The van der Waals surface area contributed by atoms with Gasteiger partial charge in [-0.15, -0.1) is 0 Å². The van der Waals surface area contributed by atoms with E-state index in [0.717, 1.165) is 33.8 Å². The number of ether oxygens (including phenoxy) is 2. The van der Waals surface area contributed by atoms with Crippen LogP contribution in [-0.4, -0.2) is 14.2 Å². The van der Waals surface area contributed by atoms with Crippen molar-refractivity contribution in [3.8, 4) is 11.5 Å². The van der Waals surface area contributed by atoms with Gasteiger partial charge in [-0.05, 0) is 55.7 Å². The van der Waals surface area contributed by atoms with Gasteiger partial charge in [0.1, 0.15) is 11.5 Å². The molecule has 0 bridgehead atoms. The summed E-state index contributed by atoms with van der Waals surface area (Å²) in [5.41, 5.74) is 10.3. The number of hydrogen-bond donors (Lipinski definition) is 1. The van der Waals surface area contributed by atoms with Gasteiger partial charge in [-0.1, -0.05) is 18.2 Å². The second-order valence-electron chi connectivity index (χ2n) is 5.59. The summed E-state index contributed by atoms with van der Waals surface area (Å²) >= 11 is 0. The molecule has 1 unspecified atom stereocenters. The summed E-state index contributed by atoms with van der Waals surface area (Å²) in [5.74, 6) is 1.62. The Kier molecular flexibility index (Phi) is 4.24. The van der Waals surface area contributed by atoms with E-state index in [-0.39, 0.29) is 0 Å². The quantitative estimate of drug-likeness (QED) is 0.934. The van der Waals surface area contributed by atoms with Gasteiger partial charge in [0.25, 0.3) is 0 Å². The number of rotatable bonds is 4. The third-order valence-electron chi connectivity index (χ3n) is 3.85. The van der Waals surface area contributed by atoms with Crippen LogP contribution in [0.5, 0.6) is 11.5 Å². The minimum absolute atomic E-state index is 0.655. The van der Waals surface area contributed by atoms with Crippen molar-refractivity contribution in [3.63, 3.8) is 0 Å². The normalized spacial score (nSPS) is 13.6. The molecule has 2 aromatic rings. The SMILES string of the molecule is COc1cccc(C(C)(N)c2c(C)cc(C)cc2OC)c1. The molecule has 0 radical (unpaired) electrons. The molecule has 0 aliphatic rings. The summed E-state index contributed by atoms with van der Waals surface area (Å²) in [6.45, 7) is 6.12. The predicted octanol–water partition coefficient (Wildman–Crippen LogP) is 3.54. The van der Waals surface area contributed by atoms with E-state index in [2.05, 4.69) is 19.9 Å². The zero-order valence-electron chi connectivity index (χ0n) is 13.4.